The number of hydrogen-bond donors (Lipinski definition) is 1. The fourth-order valence-corrected chi connectivity index (χ4v) is 3.15. The molecule has 2 rings (SSSR count). The summed E-state index contributed by atoms with van der Waals surface area (Å²) in [6.07, 6.45) is 0. The highest BCUT2D eigenvalue weighted by molar-refractivity contribution is 7.90. The SMILES string of the molecule is N#Cc1cc(CS(=O)(=O)c2cccc(N)c2)ccc1F. The summed E-state index contributed by atoms with van der Waals surface area (Å²) in [5.41, 5.74) is 6.08. The lowest BCUT2D eigenvalue weighted by molar-refractivity contribution is 0.594. The van der Waals surface area contributed by atoms with Crippen LogP contribution in [0, 0.1) is 17.1 Å². The van der Waals surface area contributed by atoms with Crippen LogP contribution in [0.4, 0.5) is 10.1 Å². The molecule has 4 nitrogen and oxygen atoms in total. The molecule has 0 amide bonds. The van der Waals surface area contributed by atoms with Crippen molar-refractivity contribution in [1.82, 2.24) is 0 Å². The molecule has 0 unspecified atom stereocenters. The Kier molecular flexibility index (Phi) is 3.72. The molecule has 0 aliphatic rings. The molecule has 2 aromatic rings. The van der Waals surface area contributed by atoms with E-state index in [0.717, 1.165) is 6.07 Å². The van der Waals surface area contributed by atoms with Crippen LogP contribution < -0.4 is 5.73 Å². The summed E-state index contributed by atoms with van der Waals surface area (Å²) in [6.45, 7) is 0. The van der Waals surface area contributed by atoms with Gasteiger partial charge in [-0.1, -0.05) is 12.1 Å². The predicted molar refractivity (Wildman–Crippen MR) is 72.9 cm³/mol. The van der Waals surface area contributed by atoms with Gasteiger partial charge < -0.3 is 5.73 Å². The van der Waals surface area contributed by atoms with E-state index in [1.807, 2.05) is 0 Å². The van der Waals surface area contributed by atoms with Gasteiger partial charge in [-0.05, 0) is 35.9 Å². The Morgan fingerprint density at radius 2 is 1.95 bits per heavy atom. The number of nitrogen functional groups attached to an aromatic ring is 1. The standard InChI is InChI=1S/C14H11FN2O2S/c15-14-5-4-10(6-11(14)8-16)9-20(18,19)13-3-1-2-12(17)7-13/h1-7H,9,17H2. The van der Waals surface area contributed by atoms with Gasteiger partial charge in [0.25, 0.3) is 0 Å². The molecule has 20 heavy (non-hydrogen) atoms. The van der Waals surface area contributed by atoms with Crippen molar-refractivity contribution >= 4 is 15.5 Å². The molecule has 6 heteroatoms. The van der Waals surface area contributed by atoms with Crippen LogP contribution in [-0.2, 0) is 15.6 Å². The largest absolute Gasteiger partial charge is 0.399 e. The van der Waals surface area contributed by atoms with E-state index in [1.54, 1.807) is 18.2 Å². The number of nitriles is 1. The van der Waals surface area contributed by atoms with Crippen molar-refractivity contribution in [3.63, 3.8) is 0 Å². The topological polar surface area (TPSA) is 84.0 Å². The minimum Gasteiger partial charge on any atom is -0.399 e. The van der Waals surface area contributed by atoms with Gasteiger partial charge in [0.15, 0.2) is 9.84 Å². The van der Waals surface area contributed by atoms with Crippen LogP contribution in [0.1, 0.15) is 11.1 Å². The van der Waals surface area contributed by atoms with Crippen molar-refractivity contribution in [2.75, 3.05) is 5.73 Å². The second-order valence-electron chi connectivity index (χ2n) is 4.26. The van der Waals surface area contributed by atoms with E-state index < -0.39 is 15.7 Å². The summed E-state index contributed by atoms with van der Waals surface area (Å²) in [6, 6.07) is 11.3. The number of halogens is 1. The van der Waals surface area contributed by atoms with E-state index in [1.165, 1.54) is 24.3 Å². The van der Waals surface area contributed by atoms with Crippen molar-refractivity contribution in [2.45, 2.75) is 10.6 Å². The molecule has 0 aromatic heterocycles. The molecule has 0 saturated carbocycles. The molecular weight excluding hydrogens is 279 g/mol. The minimum atomic E-state index is -3.59. The van der Waals surface area contributed by atoms with Gasteiger partial charge >= 0.3 is 0 Å². The number of anilines is 1. The van der Waals surface area contributed by atoms with E-state index in [0.29, 0.717) is 11.3 Å². The lowest BCUT2D eigenvalue weighted by Crippen LogP contribution is -2.06. The quantitative estimate of drug-likeness (QED) is 0.879. The van der Waals surface area contributed by atoms with Crippen LogP contribution in [0.3, 0.4) is 0 Å². The summed E-state index contributed by atoms with van der Waals surface area (Å²) in [5.74, 6) is -0.983. The summed E-state index contributed by atoms with van der Waals surface area (Å²) in [5, 5.41) is 8.74. The monoisotopic (exact) mass is 290 g/mol. The highest BCUT2D eigenvalue weighted by Gasteiger charge is 2.16. The van der Waals surface area contributed by atoms with Gasteiger partial charge in [-0.15, -0.1) is 0 Å². The number of rotatable bonds is 3. The molecule has 0 aliphatic carbocycles. The van der Waals surface area contributed by atoms with Gasteiger partial charge in [-0.2, -0.15) is 5.26 Å². The Balaban J connectivity index is 2.36. The smallest absolute Gasteiger partial charge is 0.182 e. The van der Waals surface area contributed by atoms with Crippen LogP contribution >= 0.6 is 0 Å². The first-order valence-corrected chi connectivity index (χ1v) is 7.34. The second kappa shape index (κ2) is 5.31. The van der Waals surface area contributed by atoms with Crippen molar-refractivity contribution in [2.24, 2.45) is 0 Å². The third kappa shape index (κ3) is 2.95. The third-order valence-electron chi connectivity index (χ3n) is 2.73. The average molecular weight is 290 g/mol. The van der Waals surface area contributed by atoms with Gasteiger partial charge in [-0.3, -0.25) is 0 Å². The molecular formula is C14H11FN2O2S. The van der Waals surface area contributed by atoms with Gasteiger partial charge in [0.2, 0.25) is 0 Å². The first kappa shape index (κ1) is 14.0. The fourth-order valence-electron chi connectivity index (χ4n) is 1.76. The van der Waals surface area contributed by atoms with Crippen LogP contribution in [-0.4, -0.2) is 8.42 Å². The summed E-state index contributed by atoms with van der Waals surface area (Å²) < 4.78 is 37.6. The Morgan fingerprint density at radius 3 is 2.60 bits per heavy atom. The molecule has 2 aromatic carbocycles. The van der Waals surface area contributed by atoms with Crippen LogP contribution in [0.15, 0.2) is 47.4 Å². The normalized spacial score (nSPS) is 11.0. The van der Waals surface area contributed by atoms with Crippen molar-refractivity contribution in [1.29, 1.82) is 5.26 Å². The Bertz CT molecular complexity index is 795. The second-order valence-corrected chi connectivity index (χ2v) is 6.25. The summed E-state index contributed by atoms with van der Waals surface area (Å²) >= 11 is 0. The first-order valence-electron chi connectivity index (χ1n) is 5.69. The zero-order chi connectivity index (χ0) is 14.8. The number of nitrogens with zero attached hydrogens (tertiary/aromatic N) is 1. The minimum absolute atomic E-state index is 0.0975. The summed E-state index contributed by atoms with van der Waals surface area (Å²) in [7, 11) is -3.59. The molecule has 0 atom stereocenters. The highest BCUT2D eigenvalue weighted by atomic mass is 32.2. The molecule has 102 valence electrons. The number of nitrogens with two attached hydrogens (primary N) is 1. The molecule has 0 saturated heterocycles. The predicted octanol–water partition coefficient (Wildman–Crippen LogP) is 2.25. The molecule has 0 heterocycles. The van der Waals surface area contributed by atoms with E-state index in [-0.39, 0.29) is 16.2 Å². The lowest BCUT2D eigenvalue weighted by atomic mass is 10.1. The molecule has 0 fully saturated rings. The maximum Gasteiger partial charge on any atom is 0.182 e. The van der Waals surface area contributed by atoms with Crippen LogP contribution in [0.2, 0.25) is 0 Å². The molecule has 0 aliphatic heterocycles. The van der Waals surface area contributed by atoms with Crippen LogP contribution in [0.25, 0.3) is 0 Å². The Labute approximate surface area is 116 Å². The number of sulfone groups is 1. The lowest BCUT2D eigenvalue weighted by Gasteiger charge is -2.06. The molecule has 0 spiro atoms. The Morgan fingerprint density at radius 1 is 1.20 bits per heavy atom. The average Bonchev–Trinajstić information content (AvgIpc) is 2.40. The van der Waals surface area contributed by atoms with Crippen LogP contribution in [0.5, 0.6) is 0 Å². The maximum absolute atomic E-state index is 13.2. The highest BCUT2D eigenvalue weighted by Crippen LogP contribution is 2.20. The molecule has 2 N–H and O–H groups in total. The van der Waals surface area contributed by atoms with Gasteiger partial charge in [0.1, 0.15) is 11.9 Å². The number of benzene rings is 2. The van der Waals surface area contributed by atoms with Gasteiger partial charge in [0.05, 0.1) is 16.2 Å². The molecule has 0 radical (unpaired) electrons. The maximum atomic E-state index is 13.2. The van der Waals surface area contributed by atoms with E-state index >= 15 is 0 Å². The summed E-state index contributed by atoms with van der Waals surface area (Å²) in [4.78, 5) is 0.0975. The van der Waals surface area contributed by atoms with Gasteiger partial charge in [0, 0.05) is 5.69 Å². The van der Waals surface area contributed by atoms with Gasteiger partial charge in [-0.25, -0.2) is 12.8 Å². The first-order chi connectivity index (χ1) is 9.42. The third-order valence-corrected chi connectivity index (χ3v) is 4.41. The van der Waals surface area contributed by atoms with E-state index in [4.69, 9.17) is 11.0 Å². The van der Waals surface area contributed by atoms with E-state index in [2.05, 4.69) is 0 Å². The zero-order valence-corrected chi connectivity index (χ0v) is 11.2. The molecule has 0 bridgehead atoms. The van der Waals surface area contributed by atoms with Crippen molar-refractivity contribution in [3.05, 3.63) is 59.4 Å². The fraction of sp³-hybridized carbons (Fsp3) is 0.0714. The Hall–Kier alpha value is -2.39. The van der Waals surface area contributed by atoms with Crippen molar-refractivity contribution < 1.29 is 12.8 Å². The van der Waals surface area contributed by atoms with E-state index in [9.17, 15) is 12.8 Å². The zero-order valence-electron chi connectivity index (χ0n) is 10.4. The number of hydrogen-bond acceptors (Lipinski definition) is 4. The van der Waals surface area contributed by atoms with Crippen molar-refractivity contribution in [3.8, 4) is 6.07 Å².